The Balaban J connectivity index is 1.48. The molecule has 0 saturated carbocycles. The van der Waals surface area contributed by atoms with E-state index in [2.05, 4.69) is 101 Å². The third kappa shape index (κ3) is 5.16. The number of para-hydroxylation sites is 1. The van der Waals surface area contributed by atoms with Gasteiger partial charge in [-0.2, -0.15) is 0 Å². The maximum atomic E-state index is 5.83. The van der Waals surface area contributed by atoms with Gasteiger partial charge in [0.15, 0.2) is 6.61 Å². The summed E-state index contributed by atoms with van der Waals surface area (Å²) in [6, 6.07) is 29.2. The Kier molecular flexibility index (Phi) is 7.39. The SMILES string of the molecule is Cc1ccc2c(=NOCc3ccccn3)c3ccccc3n(CCCNCc3ccccc3)c2c1C. The van der Waals surface area contributed by atoms with Crippen LogP contribution in [0.1, 0.15) is 28.8 Å². The molecule has 0 unspecified atom stereocenters. The van der Waals surface area contributed by atoms with Gasteiger partial charge in [0, 0.05) is 30.1 Å². The fraction of sp³-hybridized carbons (Fsp3) is 0.226. The topological polar surface area (TPSA) is 51.4 Å². The van der Waals surface area contributed by atoms with Crippen molar-refractivity contribution in [1.29, 1.82) is 0 Å². The lowest BCUT2D eigenvalue weighted by Gasteiger charge is -2.19. The van der Waals surface area contributed by atoms with E-state index in [1.54, 1.807) is 6.20 Å². The summed E-state index contributed by atoms with van der Waals surface area (Å²) in [6.45, 7) is 7.46. The summed E-state index contributed by atoms with van der Waals surface area (Å²) in [5.74, 6) is 0. The molecule has 0 saturated heterocycles. The van der Waals surface area contributed by atoms with Crippen molar-refractivity contribution >= 4 is 21.8 Å². The van der Waals surface area contributed by atoms with E-state index in [-0.39, 0.29) is 0 Å². The Hall–Kier alpha value is -3.96. The van der Waals surface area contributed by atoms with Crippen LogP contribution in [0.25, 0.3) is 21.8 Å². The number of hydrogen-bond donors (Lipinski definition) is 1. The molecule has 1 N–H and O–H groups in total. The Morgan fingerprint density at radius 3 is 2.50 bits per heavy atom. The number of hydrogen-bond acceptors (Lipinski definition) is 4. The first-order valence-corrected chi connectivity index (χ1v) is 12.5. The lowest BCUT2D eigenvalue weighted by atomic mass is 10.0. The summed E-state index contributed by atoms with van der Waals surface area (Å²) in [5.41, 5.74) is 7.10. The number of fused-ring (bicyclic) bond motifs is 2. The molecule has 5 nitrogen and oxygen atoms in total. The molecule has 0 radical (unpaired) electrons. The lowest BCUT2D eigenvalue weighted by molar-refractivity contribution is 0.118. The number of pyridine rings is 2. The summed E-state index contributed by atoms with van der Waals surface area (Å²) in [6.07, 6.45) is 2.80. The summed E-state index contributed by atoms with van der Waals surface area (Å²) in [4.78, 5) is 10.2. The van der Waals surface area contributed by atoms with Crippen molar-refractivity contribution in [2.75, 3.05) is 6.54 Å². The highest BCUT2D eigenvalue weighted by Crippen LogP contribution is 2.25. The van der Waals surface area contributed by atoms with Crippen LogP contribution in [0, 0.1) is 13.8 Å². The van der Waals surface area contributed by atoms with Gasteiger partial charge >= 0.3 is 0 Å². The van der Waals surface area contributed by atoms with Crippen LogP contribution in [-0.2, 0) is 24.5 Å². The van der Waals surface area contributed by atoms with Gasteiger partial charge in [0.25, 0.3) is 0 Å². The molecule has 5 rings (SSSR count). The number of rotatable bonds is 9. The van der Waals surface area contributed by atoms with Gasteiger partial charge in [0.1, 0.15) is 5.36 Å². The number of nitrogens with one attached hydrogen (secondary N) is 1. The minimum absolute atomic E-state index is 0.337. The fourth-order valence-corrected chi connectivity index (χ4v) is 4.68. The van der Waals surface area contributed by atoms with Gasteiger partial charge < -0.3 is 14.7 Å². The molecule has 5 heteroatoms. The van der Waals surface area contributed by atoms with Gasteiger partial charge in [-0.3, -0.25) is 4.98 Å². The predicted molar refractivity (Wildman–Crippen MR) is 146 cm³/mol. The molecule has 182 valence electrons. The molecule has 0 fully saturated rings. The van der Waals surface area contributed by atoms with Crippen LogP contribution < -0.4 is 10.7 Å². The lowest BCUT2D eigenvalue weighted by Crippen LogP contribution is -2.19. The van der Waals surface area contributed by atoms with Crippen LogP contribution in [0.3, 0.4) is 0 Å². The van der Waals surface area contributed by atoms with Crippen molar-refractivity contribution in [3.8, 4) is 0 Å². The molecule has 2 aromatic heterocycles. The standard InChI is InChI=1S/C31H32N4O/c1-23-16-17-28-30(34-36-22-26-13-8-9-19-33-26)27-14-6-7-15-29(27)35(31(28)24(23)2)20-10-18-32-21-25-11-4-3-5-12-25/h3-9,11-17,19,32H,10,18,20-22H2,1-2H3. The summed E-state index contributed by atoms with van der Waals surface area (Å²) < 4.78 is 2.45. The van der Waals surface area contributed by atoms with Gasteiger partial charge in [-0.1, -0.05) is 71.9 Å². The van der Waals surface area contributed by atoms with E-state index < -0.39 is 0 Å². The maximum absolute atomic E-state index is 5.83. The zero-order chi connectivity index (χ0) is 24.7. The fourth-order valence-electron chi connectivity index (χ4n) is 4.68. The Labute approximate surface area is 212 Å². The first kappa shape index (κ1) is 23.8. The van der Waals surface area contributed by atoms with Crippen molar-refractivity contribution in [3.63, 3.8) is 0 Å². The number of nitrogens with zero attached hydrogens (tertiary/aromatic N) is 3. The van der Waals surface area contributed by atoms with Gasteiger partial charge in [-0.05, 0) is 61.7 Å². The average Bonchev–Trinajstić information content (AvgIpc) is 2.92. The average molecular weight is 477 g/mol. The normalized spacial score (nSPS) is 11.9. The predicted octanol–water partition coefficient (Wildman–Crippen LogP) is 6.02. The molecule has 0 amide bonds. The maximum Gasteiger partial charge on any atom is 0.159 e. The van der Waals surface area contributed by atoms with Crippen molar-refractivity contribution in [1.82, 2.24) is 14.9 Å². The van der Waals surface area contributed by atoms with Crippen LogP contribution in [-0.4, -0.2) is 16.1 Å². The van der Waals surface area contributed by atoms with Gasteiger partial charge in [0.05, 0.1) is 16.7 Å². The molecule has 0 aliphatic heterocycles. The third-order valence-corrected chi connectivity index (χ3v) is 6.68. The van der Waals surface area contributed by atoms with E-state index in [4.69, 9.17) is 4.84 Å². The van der Waals surface area contributed by atoms with Gasteiger partial charge in [-0.25, -0.2) is 0 Å². The minimum Gasteiger partial charge on any atom is -0.389 e. The number of aromatic nitrogens is 2. The Bertz CT molecular complexity index is 1530. The van der Waals surface area contributed by atoms with Crippen LogP contribution in [0.2, 0.25) is 0 Å². The molecule has 2 heterocycles. The van der Waals surface area contributed by atoms with E-state index >= 15 is 0 Å². The molecule has 0 aliphatic rings. The zero-order valence-corrected chi connectivity index (χ0v) is 20.9. The highest BCUT2D eigenvalue weighted by molar-refractivity contribution is 5.95. The molecule has 3 aromatic carbocycles. The van der Waals surface area contributed by atoms with Crippen molar-refractivity contribution < 1.29 is 4.84 Å². The van der Waals surface area contributed by atoms with Crippen LogP contribution in [0.5, 0.6) is 0 Å². The molecule has 0 aliphatic carbocycles. The quantitative estimate of drug-likeness (QED) is 0.161. The molecular weight excluding hydrogens is 444 g/mol. The molecule has 5 aromatic rings. The van der Waals surface area contributed by atoms with E-state index in [0.29, 0.717) is 6.61 Å². The van der Waals surface area contributed by atoms with Crippen molar-refractivity contribution in [2.24, 2.45) is 5.16 Å². The van der Waals surface area contributed by atoms with Gasteiger partial charge in [-0.15, -0.1) is 0 Å². The summed E-state index contributed by atoms with van der Waals surface area (Å²) in [7, 11) is 0. The number of aryl methyl sites for hydroxylation is 3. The number of benzene rings is 3. The highest BCUT2D eigenvalue weighted by Gasteiger charge is 2.13. The first-order chi connectivity index (χ1) is 17.7. The molecule has 0 atom stereocenters. The smallest absolute Gasteiger partial charge is 0.159 e. The molecule has 0 bridgehead atoms. The second-order valence-electron chi connectivity index (χ2n) is 9.12. The zero-order valence-electron chi connectivity index (χ0n) is 20.9. The summed E-state index contributed by atoms with van der Waals surface area (Å²) in [5, 5.41) is 11.3. The third-order valence-electron chi connectivity index (χ3n) is 6.68. The molecule has 0 spiro atoms. The van der Waals surface area contributed by atoms with Crippen LogP contribution >= 0.6 is 0 Å². The second-order valence-corrected chi connectivity index (χ2v) is 9.12. The molecular formula is C31H32N4O. The van der Waals surface area contributed by atoms with Crippen molar-refractivity contribution in [3.05, 3.63) is 119 Å². The Morgan fingerprint density at radius 2 is 1.67 bits per heavy atom. The van der Waals surface area contributed by atoms with Crippen LogP contribution in [0.15, 0.2) is 96.3 Å². The largest absolute Gasteiger partial charge is 0.389 e. The van der Waals surface area contributed by atoms with Crippen LogP contribution in [0.4, 0.5) is 0 Å². The van der Waals surface area contributed by atoms with Gasteiger partial charge in [0.2, 0.25) is 0 Å². The van der Waals surface area contributed by atoms with E-state index in [9.17, 15) is 0 Å². The monoisotopic (exact) mass is 476 g/mol. The van der Waals surface area contributed by atoms with E-state index in [1.165, 1.54) is 27.7 Å². The minimum atomic E-state index is 0.337. The summed E-state index contributed by atoms with van der Waals surface area (Å²) >= 11 is 0. The van der Waals surface area contributed by atoms with E-state index in [1.807, 2.05) is 18.2 Å². The highest BCUT2D eigenvalue weighted by atomic mass is 16.6. The van der Waals surface area contributed by atoms with E-state index in [0.717, 1.165) is 47.9 Å². The molecule has 36 heavy (non-hydrogen) atoms. The Morgan fingerprint density at radius 1 is 0.861 bits per heavy atom. The first-order valence-electron chi connectivity index (χ1n) is 12.5. The van der Waals surface area contributed by atoms with Crippen molar-refractivity contribution in [2.45, 2.75) is 40.0 Å². The second kappa shape index (κ2) is 11.2.